The molecule has 0 saturated carbocycles. The highest BCUT2D eigenvalue weighted by atomic mass is 16.6. The zero-order valence-corrected chi connectivity index (χ0v) is 9.96. The Balaban J connectivity index is 2.40. The van der Waals surface area contributed by atoms with Gasteiger partial charge in [0, 0.05) is 6.42 Å². The van der Waals surface area contributed by atoms with Crippen LogP contribution in [-0.2, 0) is 0 Å². The fraction of sp³-hybridized carbons (Fsp3) is 0.455. The molecule has 0 saturated heterocycles. The molecular formula is C11H17BO5. The van der Waals surface area contributed by atoms with Crippen molar-refractivity contribution >= 4 is 7.32 Å². The lowest BCUT2D eigenvalue weighted by Crippen LogP contribution is -2.22. The lowest BCUT2D eigenvalue weighted by atomic mass is 10.1. The molecule has 94 valence electrons. The number of hydrogen-bond acceptors (Lipinski definition) is 5. The van der Waals surface area contributed by atoms with E-state index < -0.39 is 12.9 Å². The van der Waals surface area contributed by atoms with Crippen LogP contribution in [0.25, 0.3) is 0 Å². The third-order valence-electron chi connectivity index (χ3n) is 2.05. The number of aliphatic hydroxyl groups is 1. The second-order valence-electron chi connectivity index (χ2n) is 4.33. The SMILES string of the molecule is CC(C)(O)CCOc1ccc(OB(O)O)cc1. The Morgan fingerprint density at radius 1 is 1.12 bits per heavy atom. The third-order valence-corrected chi connectivity index (χ3v) is 2.05. The number of rotatable bonds is 6. The molecule has 6 heteroatoms. The van der Waals surface area contributed by atoms with E-state index in [-0.39, 0.29) is 0 Å². The van der Waals surface area contributed by atoms with E-state index in [2.05, 4.69) is 4.65 Å². The Labute approximate surface area is 101 Å². The minimum absolute atomic E-state index is 0.342. The summed E-state index contributed by atoms with van der Waals surface area (Å²) >= 11 is 0. The standard InChI is InChI=1S/C11H17BO5/c1-11(2,13)7-8-16-9-3-5-10(6-4-9)17-12(14)15/h3-6,13-15H,7-8H2,1-2H3. The molecule has 0 unspecified atom stereocenters. The van der Waals surface area contributed by atoms with Crippen LogP contribution in [0.4, 0.5) is 0 Å². The molecule has 0 bridgehead atoms. The van der Waals surface area contributed by atoms with E-state index in [1.807, 2.05) is 0 Å². The average Bonchev–Trinajstić information content (AvgIpc) is 2.18. The second-order valence-corrected chi connectivity index (χ2v) is 4.33. The molecule has 0 aliphatic heterocycles. The van der Waals surface area contributed by atoms with Gasteiger partial charge in [-0.1, -0.05) is 0 Å². The van der Waals surface area contributed by atoms with Crippen molar-refractivity contribution in [3.63, 3.8) is 0 Å². The van der Waals surface area contributed by atoms with Crippen LogP contribution < -0.4 is 9.39 Å². The summed E-state index contributed by atoms with van der Waals surface area (Å²) in [4.78, 5) is 0. The van der Waals surface area contributed by atoms with Gasteiger partial charge in [0.05, 0.1) is 12.2 Å². The summed E-state index contributed by atoms with van der Waals surface area (Å²) in [6, 6.07) is 6.45. The molecule has 0 aliphatic carbocycles. The Bertz CT molecular complexity index is 331. The summed E-state index contributed by atoms with van der Waals surface area (Å²) in [5.41, 5.74) is -0.746. The number of hydrogen-bond donors (Lipinski definition) is 3. The Morgan fingerprint density at radius 3 is 2.12 bits per heavy atom. The fourth-order valence-electron chi connectivity index (χ4n) is 1.15. The van der Waals surface area contributed by atoms with Crippen LogP contribution >= 0.6 is 0 Å². The molecule has 5 nitrogen and oxygen atoms in total. The van der Waals surface area contributed by atoms with Crippen LogP contribution in [0.3, 0.4) is 0 Å². The highest BCUT2D eigenvalue weighted by Gasteiger charge is 2.13. The number of ether oxygens (including phenoxy) is 1. The quantitative estimate of drug-likeness (QED) is 0.633. The van der Waals surface area contributed by atoms with Gasteiger partial charge in [0.1, 0.15) is 11.5 Å². The van der Waals surface area contributed by atoms with Crippen LogP contribution in [0.2, 0.25) is 0 Å². The van der Waals surface area contributed by atoms with Crippen LogP contribution in [-0.4, -0.2) is 34.7 Å². The summed E-state index contributed by atoms with van der Waals surface area (Å²) in [5.74, 6) is 0.976. The van der Waals surface area contributed by atoms with Gasteiger partial charge in [-0.15, -0.1) is 0 Å². The zero-order chi connectivity index (χ0) is 12.9. The van der Waals surface area contributed by atoms with E-state index in [0.717, 1.165) is 0 Å². The van der Waals surface area contributed by atoms with Crippen LogP contribution in [0, 0.1) is 0 Å². The first-order chi connectivity index (χ1) is 7.87. The highest BCUT2D eigenvalue weighted by Crippen LogP contribution is 2.18. The first-order valence-electron chi connectivity index (χ1n) is 5.35. The summed E-state index contributed by atoms with van der Waals surface area (Å²) < 4.78 is 10.0. The molecular weight excluding hydrogens is 223 g/mol. The van der Waals surface area contributed by atoms with Crippen molar-refractivity contribution in [2.45, 2.75) is 25.9 Å². The maximum absolute atomic E-state index is 9.48. The summed E-state index contributed by atoms with van der Waals surface area (Å²) in [6.45, 7) is 3.85. The predicted molar refractivity (Wildman–Crippen MR) is 63.7 cm³/mol. The van der Waals surface area contributed by atoms with E-state index in [0.29, 0.717) is 24.5 Å². The lowest BCUT2D eigenvalue weighted by molar-refractivity contribution is 0.0553. The van der Waals surface area contributed by atoms with E-state index in [1.165, 1.54) is 0 Å². The maximum Gasteiger partial charge on any atom is 0.707 e. The first-order valence-corrected chi connectivity index (χ1v) is 5.35. The molecule has 3 N–H and O–H groups in total. The van der Waals surface area contributed by atoms with Gasteiger partial charge in [0.25, 0.3) is 0 Å². The second kappa shape index (κ2) is 5.91. The van der Waals surface area contributed by atoms with Crippen molar-refractivity contribution in [3.05, 3.63) is 24.3 Å². The smallest absolute Gasteiger partial charge is 0.512 e. The Kier molecular flexibility index (Phi) is 4.80. The van der Waals surface area contributed by atoms with Crippen LogP contribution in [0.1, 0.15) is 20.3 Å². The van der Waals surface area contributed by atoms with Crippen molar-refractivity contribution in [1.29, 1.82) is 0 Å². The van der Waals surface area contributed by atoms with Crippen molar-refractivity contribution in [2.24, 2.45) is 0 Å². The van der Waals surface area contributed by atoms with Crippen molar-refractivity contribution < 1.29 is 24.5 Å². The van der Waals surface area contributed by atoms with Gasteiger partial charge in [0.2, 0.25) is 0 Å². The van der Waals surface area contributed by atoms with Crippen molar-refractivity contribution in [3.8, 4) is 11.5 Å². The largest absolute Gasteiger partial charge is 0.707 e. The van der Waals surface area contributed by atoms with Gasteiger partial charge in [-0.25, -0.2) is 0 Å². The molecule has 0 amide bonds. The Morgan fingerprint density at radius 2 is 1.65 bits per heavy atom. The minimum Gasteiger partial charge on any atom is -0.512 e. The minimum atomic E-state index is -1.82. The van der Waals surface area contributed by atoms with E-state index in [9.17, 15) is 5.11 Å². The molecule has 0 atom stereocenters. The van der Waals surface area contributed by atoms with E-state index in [1.54, 1.807) is 38.1 Å². The molecule has 1 aromatic carbocycles. The van der Waals surface area contributed by atoms with Crippen LogP contribution in [0.15, 0.2) is 24.3 Å². The summed E-state index contributed by atoms with van der Waals surface area (Å²) in [7, 11) is -1.82. The predicted octanol–water partition coefficient (Wildman–Crippen LogP) is 0.575. The van der Waals surface area contributed by atoms with Gasteiger partial charge in [-0.05, 0) is 38.1 Å². The monoisotopic (exact) mass is 240 g/mol. The molecule has 0 aliphatic rings. The molecule has 17 heavy (non-hydrogen) atoms. The van der Waals surface area contributed by atoms with Gasteiger partial charge in [0.15, 0.2) is 0 Å². The van der Waals surface area contributed by atoms with E-state index in [4.69, 9.17) is 14.8 Å². The normalized spacial score (nSPS) is 11.1. The topological polar surface area (TPSA) is 79.2 Å². The molecule has 0 aromatic heterocycles. The average molecular weight is 240 g/mol. The highest BCUT2D eigenvalue weighted by molar-refractivity contribution is 6.33. The van der Waals surface area contributed by atoms with Gasteiger partial charge < -0.3 is 24.5 Å². The first kappa shape index (κ1) is 13.8. The third kappa shape index (κ3) is 6.16. The maximum atomic E-state index is 9.48. The molecule has 0 fully saturated rings. The molecule has 0 spiro atoms. The van der Waals surface area contributed by atoms with Crippen LogP contribution in [0.5, 0.6) is 11.5 Å². The van der Waals surface area contributed by atoms with Crippen molar-refractivity contribution in [2.75, 3.05) is 6.61 Å². The molecule has 0 heterocycles. The lowest BCUT2D eigenvalue weighted by Gasteiger charge is -2.17. The van der Waals surface area contributed by atoms with Crippen molar-refractivity contribution in [1.82, 2.24) is 0 Å². The van der Waals surface area contributed by atoms with Gasteiger partial charge in [-0.2, -0.15) is 0 Å². The van der Waals surface area contributed by atoms with Gasteiger partial charge >= 0.3 is 7.32 Å². The van der Waals surface area contributed by atoms with Gasteiger partial charge in [-0.3, -0.25) is 0 Å². The molecule has 1 rings (SSSR count). The zero-order valence-electron chi connectivity index (χ0n) is 9.96. The summed E-state index contributed by atoms with van der Waals surface area (Å²) in [5, 5.41) is 26.6. The molecule has 0 radical (unpaired) electrons. The van der Waals surface area contributed by atoms with E-state index >= 15 is 0 Å². The summed E-state index contributed by atoms with van der Waals surface area (Å²) in [6.07, 6.45) is 0.528. The number of benzene rings is 1. The Hall–Kier alpha value is -1.24. The molecule has 1 aromatic rings. The fourth-order valence-corrected chi connectivity index (χ4v) is 1.15.